The molecule has 1 aliphatic heterocycles. The molecule has 0 radical (unpaired) electrons. The van der Waals surface area contributed by atoms with Gasteiger partial charge in [-0.2, -0.15) is 0 Å². The number of nitrogens with one attached hydrogen (secondary N) is 1. The van der Waals surface area contributed by atoms with Crippen LogP contribution in [0.2, 0.25) is 10.0 Å². The van der Waals surface area contributed by atoms with Crippen molar-refractivity contribution in [2.24, 2.45) is 7.05 Å². The Morgan fingerprint density at radius 2 is 1.61 bits per heavy atom. The van der Waals surface area contributed by atoms with Crippen LogP contribution in [0.4, 0.5) is 5.69 Å². The topological polar surface area (TPSA) is 123 Å². The van der Waals surface area contributed by atoms with Gasteiger partial charge in [0.2, 0.25) is 0 Å². The number of amides is 1. The van der Waals surface area contributed by atoms with Gasteiger partial charge in [-0.1, -0.05) is 41.4 Å². The molecule has 1 fully saturated rings. The van der Waals surface area contributed by atoms with Crippen molar-refractivity contribution in [2.45, 2.75) is 12.5 Å². The van der Waals surface area contributed by atoms with Crippen molar-refractivity contribution >= 4 is 51.7 Å². The normalized spacial score (nSPS) is 14.2. The lowest BCUT2D eigenvalue weighted by molar-refractivity contribution is -0.139. The molecule has 4 aromatic rings. The molecular weight excluding hydrogens is 571 g/mol. The van der Waals surface area contributed by atoms with Gasteiger partial charge in [-0.3, -0.25) is 14.2 Å². The molecule has 12 heteroatoms. The van der Waals surface area contributed by atoms with Crippen molar-refractivity contribution in [1.82, 2.24) is 14.5 Å². The molecule has 5 rings (SSSR count). The largest absolute Gasteiger partial charge is 0.480 e. The van der Waals surface area contributed by atoms with Crippen molar-refractivity contribution < 1.29 is 19.4 Å². The fraction of sp³-hybridized carbons (Fsp3) is 0.241. The van der Waals surface area contributed by atoms with Crippen LogP contribution in [0.15, 0.2) is 70.3 Å². The molecule has 2 heterocycles. The van der Waals surface area contributed by atoms with Gasteiger partial charge in [0, 0.05) is 32.2 Å². The second kappa shape index (κ2) is 11.8. The number of hydrogen-bond acceptors (Lipinski definition) is 6. The summed E-state index contributed by atoms with van der Waals surface area (Å²) in [5.41, 5.74) is 1.34. The van der Waals surface area contributed by atoms with E-state index in [4.69, 9.17) is 27.9 Å². The Bertz CT molecular complexity index is 1740. The minimum atomic E-state index is -1.28. The number of nitrogens with zero attached hydrogens (tertiary/aromatic N) is 3. The van der Waals surface area contributed by atoms with Crippen molar-refractivity contribution in [3.63, 3.8) is 0 Å². The number of rotatable bonds is 7. The maximum Gasteiger partial charge on any atom is 0.335 e. The molecular formula is C29H26Cl2N4O6. The average Bonchev–Trinajstić information content (AvgIpc) is 2.96. The number of carboxylic acid groups (broad SMARTS) is 1. The van der Waals surface area contributed by atoms with Gasteiger partial charge >= 0.3 is 11.7 Å². The first-order valence-corrected chi connectivity index (χ1v) is 13.6. The molecule has 0 aliphatic carbocycles. The summed E-state index contributed by atoms with van der Waals surface area (Å²) in [6.07, 6.45) is -0.0572. The molecule has 41 heavy (non-hydrogen) atoms. The summed E-state index contributed by atoms with van der Waals surface area (Å²) in [5, 5.41) is 12.8. The number of aliphatic carboxylic acids is 1. The van der Waals surface area contributed by atoms with E-state index in [2.05, 4.69) is 10.2 Å². The van der Waals surface area contributed by atoms with Crippen LogP contribution in [0, 0.1) is 0 Å². The molecule has 0 saturated carbocycles. The first-order chi connectivity index (χ1) is 19.7. The van der Waals surface area contributed by atoms with Crippen molar-refractivity contribution in [1.29, 1.82) is 0 Å². The number of hydrogen-bond donors (Lipinski definition) is 2. The van der Waals surface area contributed by atoms with Crippen molar-refractivity contribution in [3.8, 4) is 5.69 Å². The van der Waals surface area contributed by atoms with E-state index in [1.807, 2.05) is 12.1 Å². The van der Waals surface area contributed by atoms with Gasteiger partial charge in [0.1, 0.15) is 6.04 Å². The van der Waals surface area contributed by atoms with E-state index in [-0.39, 0.29) is 22.0 Å². The Morgan fingerprint density at radius 1 is 0.976 bits per heavy atom. The molecule has 1 saturated heterocycles. The van der Waals surface area contributed by atoms with Crippen LogP contribution in [0.3, 0.4) is 0 Å². The van der Waals surface area contributed by atoms with Gasteiger partial charge in [0.25, 0.3) is 11.5 Å². The molecule has 0 spiro atoms. The van der Waals surface area contributed by atoms with Gasteiger partial charge in [0.05, 0.1) is 45.4 Å². The summed E-state index contributed by atoms with van der Waals surface area (Å²) >= 11 is 12.2. The summed E-state index contributed by atoms with van der Waals surface area (Å²) in [6.45, 7) is 2.68. The minimum absolute atomic E-state index is 0.0129. The van der Waals surface area contributed by atoms with Crippen LogP contribution in [-0.4, -0.2) is 58.5 Å². The van der Waals surface area contributed by atoms with E-state index >= 15 is 0 Å². The highest BCUT2D eigenvalue weighted by molar-refractivity contribution is 6.39. The zero-order valence-electron chi connectivity index (χ0n) is 22.0. The highest BCUT2D eigenvalue weighted by Gasteiger charge is 2.24. The Labute approximate surface area is 244 Å². The molecule has 1 aliphatic rings. The molecule has 1 atom stereocenters. The molecule has 3 aromatic carbocycles. The number of morpholine rings is 1. The van der Waals surface area contributed by atoms with E-state index in [9.17, 15) is 24.3 Å². The molecule has 2 N–H and O–H groups in total. The van der Waals surface area contributed by atoms with Crippen molar-refractivity contribution in [2.75, 3.05) is 31.2 Å². The highest BCUT2D eigenvalue weighted by Crippen LogP contribution is 2.24. The van der Waals surface area contributed by atoms with Gasteiger partial charge in [-0.15, -0.1) is 0 Å². The summed E-state index contributed by atoms with van der Waals surface area (Å²) < 4.78 is 7.93. The number of aromatic nitrogens is 2. The Morgan fingerprint density at radius 3 is 2.24 bits per heavy atom. The third-order valence-electron chi connectivity index (χ3n) is 7.06. The van der Waals surface area contributed by atoms with Crippen LogP contribution in [0.5, 0.6) is 0 Å². The number of aryl methyl sites for hydroxylation is 1. The van der Waals surface area contributed by atoms with Crippen LogP contribution < -0.4 is 21.5 Å². The number of ether oxygens (including phenoxy) is 1. The van der Waals surface area contributed by atoms with Crippen LogP contribution in [0.1, 0.15) is 15.9 Å². The first-order valence-electron chi connectivity index (χ1n) is 12.8. The molecule has 10 nitrogen and oxygen atoms in total. The van der Waals surface area contributed by atoms with Crippen molar-refractivity contribution in [3.05, 3.63) is 103 Å². The third-order valence-corrected chi connectivity index (χ3v) is 7.69. The average molecular weight is 597 g/mol. The van der Waals surface area contributed by atoms with E-state index in [1.165, 1.54) is 16.7 Å². The molecule has 1 amide bonds. The number of carbonyl (C=O) groups is 2. The predicted molar refractivity (Wildman–Crippen MR) is 157 cm³/mol. The summed E-state index contributed by atoms with van der Waals surface area (Å²) in [6, 6.07) is 15.0. The maximum absolute atomic E-state index is 13.4. The fourth-order valence-corrected chi connectivity index (χ4v) is 5.42. The van der Waals surface area contributed by atoms with E-state index in [1.54, 1.807) is 43.4 Å². The smallest absolute Gasteiger partial charge is 0.335 e. The lowest BCUT2D eigenvalue weighted by Gasteiger charge is -2.29. The van der Waals surface area contributed by atoms with Crippen LogP contribution >= 0.6 is 23.2 Å². The summed E-state index contributed by atoms with van der Waals surface area (Å²) in [7, 11) is 1.61. The first kappa shape index (κ1) is 28.4. The number of carboxylic acids is 1. The summed E-state index contributed by atoms with van der Waals surface area (Å²) in [5.74, 6) is -1.96. The number of benzene rings is 3. The Kier molecular flexibility index (Phi) is 8.16. The minimum Gasteiger partial charge on any atom is -0.480 e. The van der Waals surface area contributed by atoms with Crippen LogP contribution in [0.25, 0.3) is 16.6 Å². The monoisotopic (exact) mass is 596 g/mol. The second-order valence-corrected chi connectivity index (χ2v) is 10.4. The number of fused-ring (bicyclic) bond motifs is 1. The number of anilines is 1. The zero-order valence-corrected chi connectivity index (χ0v) is 23.5. The van der Waals surface area contributed by atoms with Gasteiger partial charge in [0.15, 0.2) is 0 Å². The van der Waals surface area contributed by atoms with E-state index < -0.39 is 29.2 Å². The number of halogens is 2. The quantitative estimate of drug-likeness (QED) is 0.336. The van der Waals surface area contributed by atoms with Crippen LogP contribution in [-0.2, 0) is 23.0 Å². The zero-order chi connectivity index (χ0) is 29.3. The lowest BCUT2D eigenvalue weighted by atomic mass is 10.0. The Hall–Kier alpha value is -4.12. The van der Waals surface area contributed by atoms with Gasteiger partial charge < -0.3 is 20.1 Å². The molecule has 212 valence electrons. The fourth-order valence-electron chi connectivity index (χ4n) is 4.85. The predicted octanol–water partition coefficient (Wildman–Crippen LogP) is 3.26. The Balaban J connectivity index is 1.41. The van der Waals surface area contributed by atoms with E-state index in [0.717, 1.165) is 23.3 Å². The lowest BCUT2D eigenvalue weighted by Crippen LogP contribution is -2.42. The third kappa shape index (κ3) is 5.72. The van der Waals surface area contributed by atoms with Gasteiger partial charge in [-0.05, 0) is 48.0 Å². The number of carbonyl (C=O) groups excluding carboxylic acids is 1. The molecule has 1 aromatic heterocycles. The van der Waals surface area contributed by atoms with E-state index in [0.29, 0.717) is 35.4 Å². The van der Waals surface area contributed by atoms with Gasteiger partial charge in [-0.25, -0.2) is 14.2 Å². The molecule has 0 bridgehead atoms. The second-order valence-electron chi connectivity index (χ2n) is 9.61. The maximum atomic E-state index is 13.4. The highest BCUT2D eigenvalue weighted by atomic mass is 35.5. The molecule has 0 unspecified atom stereocenters. The summed E-state index contributed by atoms with van der Waals surface area (Å²) in [4.78, 5) is 53.5. The standard InChI is InChI=1S/C29H26Cl2N4O6/c1-33-24-16-19(34-11-13-41-14-12-34)9-10-20(24)27(37)35(29(33)40)18-7-5-17(6-8-18)15-23(28(38)39)32-26(36)25-21(30)3-2-4-22(25)31/h2-10,16,23H,11-15H2,1H3,(H,32,36)(H,38,39)/t23-/m0/s1. The SMILES string of the molecule is Cn1c(=O)n(-c2ccc(C[C@H](NC(=O)c3c(Cl)cccc3Cl)C(=O)O)cc2)c(=O)c2ccc(N3CCOCC3)cc21.